The zero-order chi connectivity index (χ0) is 18.8. The van der Waals surface area contributed by atoms with E-state index in [0.29, 0.717) is 0 Å². The third-order valence-corrected chi connectivity index (χ3v) is 5.42. The Morgan fingerprint density at radius 1 is 0.600 bits per heavy atom. The molecule has 0 aromatic carbocycles. The van der Waals surface area contributed by atoms with Gasteiger partial charge in [0.05, 0.1) is 25.6 Å². The molecule has 0 aliphatic rings. The number of hydrogen-bond acceptors (Lipinski definition) is 2. The van der Waals surface area contributed by atoms with Gasteiger partial charge in [-0.15, -0.1) is 0 Å². The van der Waals surface area contributed by atoms with Crippen molar-refractivity contribution in [1.29, 1.82) is 0 Å². The number of carboxylic acids is 1. The highest BCUT2D eigenvalue weighted by molar-refractivity contribution is 5.65. The Morgan fingerprint density at radius 2 is 0.920 bits per heavy atom. The molecule has 0 saturated carbocycles. The highest BCUT2D eigenvalue weighted by Crippen LogP contribution is 2.17. The summed E-state index contributed by atoms with van der Waals surface area (Å²) in [5.41, 5.74) is 0. The Hall–Kier alpha value is -0.570. The number of rotatable bonds is 19. The van der Waals surface area contributed by atoms with E-state index in [1.54, 1.807) is 0 Å². The van der Waals surface area contributed by atoms with Gasteiger partial charge in [-0.05, 0) is 38.5 Å². The number of nitrogens with zero attached hydrogens (tertiary/aromatic N) is 1. The molecular formula is C22H45NO2. The summed E-state index contributed by atoms with van der Waals surface area (Å²) < 4.78 is 0.767. The lowest BCUT2D eigenvalue weighted by Gasteiger charge is -2.39. The van der Waals surface area contributed by atoms with Crippen molar-refractivity contribution in [2.24, 2.45) is 0 Å². The highest BCUT2D eigenvalue weighted by atomic mass is 16.4. The van der Waals surface area contributed by atoms with Crippen molar-refractivity contribution in [3.05, 3.63) is 0 Å². The van der Waals surface area contributed by atoms with Crippen LogP contribution in [-0.4, -0.2) is 36.6 Å². The Kier molecular flexibility index (Phi) is 16.5. The Balaban J connectivity index is 4.57. The average Bonchev–Trinajstić information content (AvgIpc) is 2.58. The normalized spacial score (nSPS) is 11.8. The molecule has 3 heteroatoms. The zero-order valence-electron chi connectivity index (χ0n) is 17.5. The van der Waals surface area contributed by atoms with E-state index in [2.05, 4.69) is 20.8 Å². The van der Waals surface area contributed by atoms with Gasteiger partial charge in [-0.2, -0.15) is 0 Å². The lowest BCUT2D eigenvalue weighted by molar-refractivity contribution is -0.923. The van der Waals surface area contributed by atoms with Crippen LogP contribution in [0.3, 0.4) is 0 Å². The first-order valence-corrected chi connectivity index (χ1v) is 11.1. The number of unbranched alkanes of at least 4 members (excludes halogenated alkanes) is 11. The lowest BCUT2D eigenvalue weighted by atomic mass is 10.1. The van der Waals surface area contributed by atoms with Crippen molar-refractivity contribution in [2.45, 2.75) is 111 Å². The number of quaternary nitrogens is 1. The second-order valence-corrected chi connectivity index (χ2v) is 7.93. The molecule has 0 amide bonds. The SMILES string of the molecule is CCCCCCCC[N+](CCCCCC)(CCCCCC)CC(=O)[O-]. The topological polar surface area (TPSA) is 40.1 Å². The molecule has 0 rings (SSSR count). The quantitative estimate of drug-likeness (QED) is 0.240. The van der Waals surface area contributed by atoms with E-state index < -0.39 is 5.97 Å². The van der Waals surface area contributed by atoms with Gasteiger partial charge in [-0.1, -0.05) is 72.1 Å². The van der Waals surface area contributed by atoms with Gasteiger partial charge < -0.3 is 14.4 Å². The van der Waals surface area contributed by atoms with Gasteiger partial charge in [-0.3, -0.25) is 0 Å². The summed E-state index contributed by atoms with van der Waals surface area (Å²) in [7, 11) is 0. The van der Waals surface area contributed by atoms with Crippen molar-refractivity contribution in [1.82, 2.24) is 0 Å². The smallest absolute Gasteiger partial charge is 0.119 e. The molecule has 0 heterocycles. The molecule has 0 fully saturated rings. The first-order valence-electron chi connectivity index (χ1n) is 11.1. The predicted octanol–water partition coefficient (Wildman–Crippen LogP) is 5.07. The van der Waals surface area contributed by atoms with E-state index in [1.807, 2.05) is 0 Å². The average molecular weight is 356 g/mol. The minimum absolute atomic E-state index is 0.215. The van der Waals surface area contributed by atoms with E-state index in [1.165, 1.54) is 77.0 Å². The third kappa shape index (κ3) is 14.3. The molecular weight excluding hydrogens is 310 g/mol. The molecule has 0 spiro atoms. The van der Waals surface area contributed by atoms with Crippen molar-refractivity contribution < 1.29 is 14.4 Å². The van der Waals surface area contributed by atoms with Gasteiger partial charge in [0.15, 0.2) is 0 Å². The molecule has 0 unspecified atom stereocenters. The number of carboxylic acid groups (broad SMARTS) is 1. The maximum Gasteiger partial charge on any atom is 0.119 e. The summed E-state index contributed by atoms with van der Waals surface area (Å²) in [5.74, 6) is -0.864. The maximum absolute atomic E-state index is 11.4. The minimum Gasteiger partial charge on any atom is -0.544 e. The van der Waals surface area contributed by atoms with Crippen molar-refractivity contribution >= 4 is 5.97 Å². The molecule has 0 aliphatic carbocycles. The second-order valence-electron chi connectivity index (χ2n) is 7.93. The van der Waals surface area contributed by atoms with Crippen LogP contribution in [0.25, 0.3) is 0 Å². The fourth-order valence-corrected chi connectivity index (χ4v) is 3.82. The summed E-state index contributed by atoms with van der Waals surface area (Å²) in [6.45, 7) is 9.98. The number of carbonyl (C=O) groups excluding carboxylic acids is 1. The molecule has 150 valence electrons. The summed E-state index contributed by atoms with van der Waals surface area (Å²) in [6.07, 6.45) is 17.4. The van der Waals surface area contributed by atoms with Crippen LogP contribution in [0.5, 0.6) is 0 Å². The zero-order valence-corrected chi connectivity index (χ0v) is 17.5. The van der Waals surface area contributed by atoms with Crippen molar-refractivity contribution in [2.75, 3.05) is 26.2 Å². The van der Waals surface area contributed by atoms with Gasteiger partial charge in [-0.25, -0.2) is 0 Å². The fourth-order valence-electron chi connectivity index (χ4n) is 3.82. The fraction of sp³-hybridized carbons (Fsp3) is 0.955. The molecule has 0 aliphatic heterocycles. The van der Waals surface area contributed by atoms with E-state index in [-0.39, 0.29) is 6.54 Å². The lowest BCUT2D eigenvalue weighted by Crippen LogP contribution is -2.55. The molecule has 0 aromatic rings. The minimum atomic E-state index is -0.864. The van der Waals surface area contributed by atoms with Gasteiger partial charge in [0, 0.05) is 0 Å². The van der Waals surface area contributed by atoms with Gasteiger partial charge in [0.2, 0.25) is 0 Å². The van der Waals surface area contributed by atoms with Gasteiger partial charge >= 0.3 is 0 Å². The van der Waals surface area contributed by atoms with Gasteiger partial charge in [0.1, 0.15) is 6.54 Å². The summed E-state index contributed by atoms with van der Waals surface area (Å²) in [5, 5.41) is 11.4. The van der Waals surface area contributed by atoms with Crippen LogP contribution in [0, 0.1) is 0 Å². The van der Waals surface area contributed by atoms with E-state index in [4.69, 9.17) is 0 Å². The number of aliphatic carboxylic acids is 1. The Labute approximate surface area is 157 Å². The van der Waals surface area contributed by atoms with Gasteiger partial charge in [0.25, 0.3) is 0 Å². The van der Waals surface area contributed by atoms with E-state index in [9.17, 15) is 9.90 Å². The summed E-state index contributed by atoms with van der Waals surface area (Å²) in [4.78, 5) is 11.4. The summed E-state index contributed by atoms with van der Waals surface area (Å²) >= 11 is 0. The Morgan fingerprint density at radius 3 is 1.28 bits per heavy atom. The van der Waals surface area contributed by atoms with Crippen LogP contribution in [0.15, 0.2) is 0 Å². The van der Waals surface area contributed by atoms with Crippen LogP contribution >= 0.6 is 0 Å². The highest BCUT2D eigenvalue weighted by Gasteiger charge is 2.26. The molecule has 0 bridgehead atoms. The van der Waals surface area contributed by atoms with Crippen LogP contribution in [0.4, 0.5) is 0 Å². The number of carbonyl (C=O) groups is 1. The third-order valence-electron chi connectivity index (χ3n) is 5.42. The maximum atomic E-state index is 11.4. The van der Waals surface area contributed by atoms with Crippen LogP contribution in [0.1, 0.15) is 111 Å². The number of hydrogen-bond donors (Lipinski definition) is 0. The molecule has 0 atom stereocenters. The van der Waals surface area contributed by atoms with Crippen LogP contribution in [0.2, 0.25) is 0 Å². The van der Waals surface area contributed by atoms with Crippen LogP contribution in [-0.2, 0) is 4.79 Å². The van der Waals surface area contributed by atoms with E-state index in [0.717, 1.165) is 37.0 Å². The predicted molar refractivity (Wildman–Crippen MR) is 106 cm³/mol. The molecule has 3 nitrogen and oxygen atoms in total. The molecule has 0 radical (unpaired) electrons. The molecule has 0 saturated heterocycles. The molecule has 25 heavy (non-hydrogen) atoms. The standard InChI is InChI=1S/C22H45NO2/c1-4-7-10-13-14-17-20-23(21-22(24)25,18-15-11-8-5-2)19-16-12-9-6-3/h4-21H2,1-3H3. The van der Waals surface area contributed by atoms with Crippen molar-refractivity contribution in [3.63, 3.8) is 0 Å². The molecule has 0 aromatic heterocycles. The second kappa shape index (κ2) is 16.9. The monoisotopic (exact) mass is 355 g/mol. The Bertz CT molecular complexity index is 292. The molecule has 0 N–H and O–H groups in total. The first-order chi connectivity index (χ1) is 12.1. The first kappa shape index (κ1) is 24.4. The largest absolute Gasteiger partial charge is 0.544 e. The summed E-state index contributed by atoms with van der Waals surface area (Å²) in [6, 6.07) is 0. The van der Waals surface area contributed by atoms with Crippen LogP contribution < -0.4 is 5.11 Å². The van der Waals surface area contributed by atoms with Crippen molar-refractivity contribution in [3.8, 4) is 0 Å². The van der Waals surface area contributed by atoms with E-state index >= 15 is 0 Å².